The maximum Gasteiger partial charge on any atom is 0.242 e. The van der Waals surface area contributed by atoms with Crippen molar-refractivity contribution < 1.29 is 13.2 Å². The summed E-state index contributed by atoms with van der Waals surface area (Å²) >= 11 is 0. The number of anilines is 1. The van der Waals surface area contributed by atoms with Gasteiger partial charge in [-0.1, -0.05) is 0 Å². The van der Waals surface area contributed by atoms with Gasteiger partial charge >= 0.3 is 0 Å². The van der Waals surface area contributed by atoms with Crippen molar-refractivity contribution in [2.45, 2.75) is 31.2 Å². The predicted molar refractivity (Wildman–Crippen MR) is 72.1 cm³/mol. The quantitative estimate of drug-likeness (QED) is 0.682. The molecule has 6 nitrogen and oxygen atoms in total. The number of hydrogen-bond acceptors (Lipinski definition) is 4. The molecule has 19 heavy (non-hydrogen) atoms. The van der Waals surface area contributed by atoms with Crippen LogP contribution in [0.25, 0.3) is 0 Å². The summed E-state index contributed by atoms with van der Waals surface area (Å²) in [5, 5.41) is 2.58. The van der Waals surface area contributed by atoms with Gasteiger partial charge in [0.25, 0.3) is 0 Å². The summed E-state index contributed by atoms with van der Waals surface area (Å²) in [6, 6.07) is 2.78. The van der Waals surface area contributed by atoms with Crippen molar-refractivity contribution in [3.63, 3.8) is 0 Å². The van der Waals surface area contributed by atoms with E-state index in [-0.39, 0.29) is 22.9 Å². The topological polar surface area (TPSA) is 101 Å². The van der Waals surface area contributed by atoms with Crippen LogP contribution in [0.4, 0.5) is 5.69 Å². The molecule has 1 unspecified atom stereocenters. The van der Waals surface area contributed by atoms with Gasteiger partial charge in [0.1, 0.15) is 4.90 Å². The van der Waals surface area contributed by atoms with Gasteiger partial charge in [-0.2, -0.15) is 0 Å². The van der Waals surface area contributed by atoms with E-state index in [2.05, 4.69) is 10.0 Å². The molecule has 0 radical (unpaired) electrons. The SMILES string of the molecule is Cc1cc(N)c(S(=O)(=O)NC2CNC(=O)C2)cc1C. The van der Waals surface area contributed by atoms with Crippen molar-refractivity contribution >= 4 is 21.6 Å². The van der Waals surface area contributed by atoms with E-state index >= 15 is 0 Å². The van der Waals surface area contributed by atoms with Crippen LogP contribution in [0.2, 0.25) is 0 Å². The lowest BCUT2D eigenvalue weighted by molar-refractivity contribution is -0.119. The molecule has 2 rings (SSSR count). The van der Waals surface area contributed by atoms with E-state index in [1.807, 2.05) is 13.8 Å². The maximum absolute atomic E-state index is 12.2. The van der Waals surface area contributed by atoms with Gasteiger partial charge in [-0.05, 0) is 37.1 Å². The molecule has 104 valence electrons. The van der Waals surface area contributed by atoms with Crippen LogP contribution < -0.4 is 15.8 Å². The molecular formula is C12H17N3O3S. The van der Waals surface area contributed by atoms with Gasteiger partial charge in [-0.25, -0.2) is 13.1 Å². The predicted octanol–water partition coefficient (Wildman–Crippen LogP) is 0.0524. The van der Waals surface area contributed by atoms with Crippen LogP contribution in [-0.4, -0.2) is 26.9 Å². The minimum atomic E-state index is -3.70. The van der Waals surface area contributed by atoms with Gasteiger partial charge in [-0.3, -0.25) is 4.79 Å². The van der Waals surface area contributed by atoms with Crippen molar-refractivity contribution in [2.75, 3.05) is 12.3 Å². The molecule has 1 fully saturated rings. The molecule has 4 N–H and O–H groups in total. The molecule has 1 aromatic carbocycles. The first-order valence-corrected chi connectivity index (χ1v) is 7.43. The summed E-state index contributed by atoms with van der Waals surface area (Å²) in [5.41, 5.74) is 7.79. The zero-order valence-corrected chi connectivity index (χ0v) is 11.7. The Bertz CT molecular complexity index is 625. The highest BCUT2D eigenvalue weighted by Gasteiger charge is 2.28. The zero-order chi connectivity index (χ0) is 14.2. The summed E-state index contributed by atoms with van der Waals surface area (Å²) < 4.78 is 27.0. The van der Waals surface area contributed by atoms with Crippen LogP contribution in [0.5, 0.6) is 0 Å². The Morgan fingerprint density at radius 2 is 1.95 bits per heavy atom. The molecule has 1 amide bonds. The standard InChI is InChI=1S/C12H17N3O3S/c1-7-3-10(13)11(4-8(7)2)19(17,18)15-9-5-12(16)14-6-9/h3-4,9,15H,5-6,13H2,1-2H3,(H,14,16). The minimum Gasteiger partial charge on any atom is -0.398 e. The highest BCUT2D eigenvalue weighted by molar-refractivity contribution is 7.89. The van der Waals surface area contributed by atoms with Crippen molar-refractivity contribution in [1.29, 1.82) is 0 Å². The number of hydrogen-bond donors (Lipinski definition) is 3. The number of benzene rings is 1. The van der Waals surface area contributed by atoms with E-state index in [9.17, 15) is 13.2 Å². The van der Waals surface area contributed by atoms with Crippen molar-refractivity contribution in [2.24, 2.45) is 0 Å². The number of carbonyl (C=O) groups is 1. The molecule has 1 heterocycles. The van der Waals surface area contributed by atoms with Crippen molar-refractivity contribution in [3.8, 4) is 0 Å². The zero-order valence-electron chi connectivity index (χ0n) is 10.9. The van der Waals surface area contributed by atoms with Gasteiger partial charge < -0.3 is 11.1 Å². The average molecular weight is 283 g/mol. The van der Waals surface area contributed by atoms with Crippen molar-refractivity contribution in [1.82, 2.24) is 10.0 Å². The fourth-order valence-electron chi connectivity index (χ4n) is 2.02. The summed E-state index contributed by atoms with van der Waals surface area (Å²) in [4.78, 5) is 11.1. The number of aryl methyl sites for hydroxylation is 2. The van der Waals surface area contributed by atoms with Crippen LogP contribution in [0.3, 0.4) is 0 Å². The number of sulfonamides is 1. The molecule has 1 saturated heterocycles. The van der Waals surface area contributed by atoms with E-state index in [1.165, 1.54) is 0 Å². The van der Waals surface area contributed by atoms with E-state index in [0.717, 1.165) is 11.1 Å². The lowest BCUT2D eigenvalue weighted by Gasteiger charge is -2.14. The number of nitrogens with two attached hydrogens (primary N) is 1. The van der Waals surface area contributed by atoms with Crippen LogP contribution in [0, 0.1) is 13.8 Å². The third kappa shape index (κ3) is 2.87. The van der Waals surface area contributed by atoms with Gasteiger partial charge in [0.15, 0.2) is 0 Å². The third-order valence-electron chi connectivity index (χ3n) is 3.21. The molecule has 0 bridgehead atoms. The summed E-state index contributed by atoms with van der Waals surface area (Å²) in [5.74, 6) is -0.152. The highest BCUT2D eigenvalue weighted by atomic mass is 32.2. The van der Waals surface area contributed by atoms with Crippen LogP contribution in [-0.2, 0) is 14.8 Å². The lowest BCUT2D eigenvalue weighted by atomic mass is 10.1. The highest BCUT2D eigenvalue weighted by Crippen LogP contribution is 2.23. The second-order valence-electron chi connectivity index (χ2n) is 4.80. The van der Waals surface area contributed by atoms with E-state index in [0.29, 0.717) is 6.54 Å². The molecule has 1 aromatic rings. The minimum absolute atomic E-state index is 0.0648. The third-order valence-corrected chi connectivity index (χ3v) is 4.79. The van der Waals surface area contributed by atoms with E-state index in [4.69, 9.17) is 5.73 Å². The number of amides is 1. The fourth-order valence-corrected chi connectivity index (χ4v) is 3.45. The monoisotopic (exact) mass is 283 g/mol. The molecule has 1 aliphatic heterocycles. The Morgan fingerprint density at radius 3 is 2.53 bits per heavy atom. The Kier molecular flexibility index (Phi) is 3.51. The van der Waals surface area contributed by atoms with Gasteiger partial charge in [-0.15, -0.1) is 0 Å². The Morgan fingerprint density at radius 1 is 1.32 bits per heavy atom. The number of rotatable bonds is 3. The van der Waals surface area contributed by atoms with E-state index < -0.39 is 16.1 Å². The number of carbonyl (C=O) groups excluding carboxylic acids is 1. The van der Waals surface area contributed by atoms with Crippen LogP contribution >= 0.6 is 0 Å². The molecule has 0 aliphatic carbocycles. The first-order valence-electron chi connectivity index (χ1n) is 5.95. The Labute approximate surface area is 112 Å². The van der Waals surface area contributed by atoms with E-state index in [1.54, 1.807) is 12.1 Å². The molecule has 1 aliphatic rings. The van der Waals surface area contributed by atoms with Gasteiger partial charge in [0.05, 0.1) is 5.69 Å². The number of nitrogens with one attached hydrogen (secondary N) is 2. The first kappa shape index (κ1) is 13.8. The lowest BCUT2D eigenvalue weighted by Crippen LogP contribution is -2.36. The smallest absolute Gasteiger partial charge is 0.242 e. The molecule has 7 heteroatoms. The molecule has 0 aromatic heterocycles. The summed E-state index contributed by atoms with van der Waals surface area (Å²) in [6.45, 7) is 4.01. The molecular weight excluding hydrogens is 266 g/mol. The number of nitrogen functional groups attached to an aromatic ring is 1. The fraction of sp³-hybridized carbons (Fsp3) is 0.417. The average Bonchev–Trinajstić information content (AvgIpc) is 2.68. The molecule has 0 saturated carbocycles. The Balaban J connectivity index is 2.29. The van der Waals surface area contributed by atoms with Gasteiger partial charge in [0, 0.05) is 19.0 Å². The van der Waals surface area contributed by atoms with Gasteiger partial charge in [0.2, 0.25) is 15.9 Å². The first-order chi connectivity index (χ1) is 8.79. The maximum atomic E-state index is 12.2. The second kappa shape index (κ2) is 4.82. The molecule has 1 atom stereocenters. The van der Waals surface area contributed by atoms with Crippen molar-refractivity contribution in [3.05, 3.63) is 23.3 Å². The normalized spacial score (nSPS) is 19.5. The molecule has 0 spiro atoms. The Hall–Kier alpha value is -1.60. The van der Waals surface area contributed by atoms with Crippen LogP contribution in [0.1, 0.15) is 17.5 Å². The largest absolute Gasteiger partial charge is 0.398 e. The van der Waals surface area contributed by atoms with Crippen LogP contribution in [0.15, 0.2) is 17.0 Å². The second-order valence-corrected chi connectivity index (χ2v) is 6.48. The summed E-state index contributed by atoms with van der Waals surface area (Å²) in [6.07, 6.45) is 0.157. The summed E-state index contributed by atoms with van der Waals surface area (Å²) in [7, 11) is -3.70.